The molecular formula is C13H18F3N5O2. The van der Waals surface area contributed by atoms with Crippen LogP contribution in [0, 0.1) is 0 Å². The van der Waals surface area contributed by atoms with Gasteiger partial charge < -0.3 is 14.2 Å². The van der Waals surface area contributed by atoms with Gasteiger partial charge in [-0.25, -0.2) is 0 Å². The van der Waals surface area contributed by atoms with Gasteiger partial charge in [-0.15, -0.1) is 10.2 Å². The molecule has 0 spiro atoms. The van der Waals surface area contributed by atoms with E-state index in [1.807, 2.05) is 6.92 Å². The maximum Gasteiger partial charge on any atom is 0.451 e. The van der Waals surface area contributed by atoms with Crippen LogP contribution in [0.5, 0.6) is 0 Å². The van der Waals surface area contributed by atoms with Crippen LogP contribution in [0.3, 0.4) is 0 Å². The summed E-state index contributed by atoms with van der Waals surface area (Å²) >= 11 is 0. The van der Waals surface area contributed by atoms with Gasteiger partial charge in [-0.05, 0) is 6.54 Å². The van der Waals surface area contributed by atoms with Crippen molar-refractivity contribution in [3.8, 4) is 0 Å². The van der Waals surface area contributed by atoms with Gasteiger partial charge in [-0.2, -0.15) is 13.2 Å². The summed E-state index contributed by atoms with van der Waals surface area (Å²) in [6.07, 6.45) is -5.11. The van der Waals surface area contributed by atoms with E-state index in [0.717, 1.165) is 17.7 Å². The minimum absolute atomic E-state index is 0.0217. The van der Waals surface area contributed by atoms with E-state index >= 15 is 0 Å². The first-order valence-corrected chi connectivity index (χ1v) is 7.52. The highest BCUT2D eigenvalue weighted by molar-refractivity contribution is 5.81. The highest BCUT2D eigenvalue weighted by Gasteiger charge is 2.40. The number of hydrogen-bond acceptors (Lipinski definition) is 5. The van der Waals surface area contributed by atoms with Crippen molar-refractivity contribution in [2.75, 3.05) is 32.8 Å². The van der Waals surface area contributed by atoms with Crippen LogP contribution in [0.25, 0.3) is 0 Å². The van der Waals surface area contributed by atoms with E-state index in [0.29, 0.717) is 13.2 Å². The van der Waals surface area contributed by atoms with Gasteiger partial charge in [-0.3, -0.25) is 9.69 Å². The number of hydrogen-bond donors (Lipinski definition) is 0. The highest BCUT2D eigenvalue weighted by atomic mass is 19.4. The molecule has 0 bridgehead atoms. The second-order valence-corrected chi connectivity index (χ2v) is 5.60. The summed E-state index contributed by atoms with van der Waals surface area (Å²) in [7, 11) is 0. The minimum atomic E-state index is -4.54. The fourth-order valence-electron chi connectivity index (χ4n) is 2.90. The van der Waals surface area contributed by atoms with E-state index in [1.165, 1.54) is 4.90 Å². The number of aromatic nitrogens is 3. The summed E-state index contributed by atoms with van der Waals surface area (Å²) in [5, 5.41) is 6.79. The maximum absolute atomic E-state index is 12.8. The van der Waals surface area contributed by atoms with Crippen molar-refractivity contribution < 1.29 is 22.7 Å². The largest absolute Gasteiger partial charge is 0.451 e. The fourth-order valence-corrected chi connectivity index (χ4v) is 2.90. The summed E-state index contributed by atoms with van der Waals surface area (Å²) in [5.41, 5.74) is 0. The van der Waals surface area contributed by atoms with Crippen molar-refractivity contribution in [3.05, 3.63) is 11.6 Å². The molecule has 10 heteroatoms. The Morgan fingerprint density at radius 3 is 2.78 bits per heavy atom. The van der Waals surface area contributed by atoms with Gasteiger partial charge in [0.1, 0.15) is 6.10 Å². The van der Waals surface area contributed by atoms with Crippen LogP contribution in [0.15, 0.2) is 0 Å². The van der Waals surface area contributed by atoms with Crippen LogP contribution in [0.1, 0.15) is 18.6 Å². The molecule has 1 unspecified atom stereocenters. The summed E-state index contributed by atoms with van der Waals surface area (Å²) in [5.74, 6) is -1.06. The molecule has 128 valence electrons. The van der Waals surface area contributed by atoms with Crippen molar-refractivity contribution in [2.45, 2.75) is 32.3 Å². The predicted octanol–water partition coefficient (Wildman–Crippen LogP) is 0.360. The number of fused-ring (bicyclic) bond motifs is 1. The topological polar surface area (TPSA) is 63.5 Å². The van der Waals surface area contributed by atoms with Crippen molar-refractivity contribution >= 4 is 5.91 Å². The molecule has 2 aliphatic rings. The van der Waals surface area contributed by atoms with Crippen LogP contribution >= 0.6 is 0 Å². The van der Waals surface area contributed by atoms with Crippen LogP contribution in [0.2, 0.25) is 0 Å². The quantitative estimate of drug-likeness (QED) is 0.782. The normalized spacial score (nSPS) is 23.0. The van der Waals surface area contributed by atoms with Gasteiger partial charge in [0.2, 0.25) is 5.82 Å². The Bertz CT molecular complexity index is 589. The lowest BCUT2D eigenvalue weighted by molar-refractivity contribution is -0.152. The van der Waals surface area contributed by atoms with Crippen molar-refractivity contribution in [2.24, 2.45) is 0 Å². The Kier molecular flexibility index (Phi) is 4.28. The Labute approximate surface area is 131 Å². The molecule has 0 aliphatic carbocycles. The molecule has 1 fully saturated rings. The first-order valence-electron chi connectivity index (χ1n) is 7.52. The Balaban J connectivity index is 1.70. The lowest BCUT2D eigenvalue weighted by Crippen LogP contribution is -2.52. The monoisotopic (exact) mass is 333 g/mol. The van der Waals surface area contributed by atoms with Gasteiger partial charge in [0.05, 0.1) is 13.2 Å². The number of nitrogens with zero attached hydrogens (tertiary/aromatic N) is 5. The predicted molar refractivity (Wildman–Crippen MR) is 72.3 cm³/mol. The van der Waals surface area contributed by atoms with Crippen molar-refractivity contribution in [3.63, 3.8) is 0 Å². The number of alkyl halides is 3. The van der Waals surface area contributed by atoms with Gasteiger partial charge in [0.25, 0.3) is 5.91 Å². The molecule has 1 aromatic rings. The van der Waals surface area contributed by atoms with E-state index in [9.17, 15) is 18.0 Å². The zero-order valence-corrected chi connectivity index (χ0v) is 12.7. The molecule has 0 N–H and O–H groups in total. The lowest BCUT2D eigenvalue weighted by Gasteiger charge is -2.35. The average Bonchev–Trinajstić information content (AvgIpc) is 2.97. The summed E-state index contributed by atoms with van der Waals surface area (Å²) < 4.78 is 45.0. The van der Waals surface area contributed by atoms with Crippen LogP contribution < -0.4 is 0 Å². The molecule has 2 aliphatic heterocycles. The molecule has 1 atom stereocenters. The third kappa shape index (κ3) is 3.18. The number of morpholine rings is 1. The molecule has 3 heterocycles. The number of ether oxygens (including phenoxy) is 1. The number of rotatable bonds is 2. The molecule has 7 nitrogen and oxygen atoms in total. The zero-order chi connectivity index (χ0) is 16.6. The third-order valence-electron chi connectivity index (χ3n) is 4.19. The van der Waals surface area contributed by atoms with Gasteiger partial charge in [-0.1, -0.05) is 6.92 Å². The Morgan fingerprint density at radius 2 is 2.09 bits per heavy atom. The number of likely N-dealkylation sites (N-methyl/N-ethyl adjacent to an activating group) is 1. The fraction of sp³-hybridized carbons (Fsp3) is 0.769. The van der Waals surface area contributed by atoms with E-state index in [1.54, 1.807) is 0 Å². The third-order valence-corrected chi connectivity index (χ3v) is 4.19. The first-order chi connectivity index (χ1) is 10.9. The Hall–Kier alpha value is -1.68. The lowest BCUT2D eigenvalue weighted by atomic mass is 10.2. The molecule has 0 radical (unpaired) electrons. The van der Waals surface area contributed by atoms with Gasteiger partial charge >= 0.3 is 6.18 Å². The van der Waals surface area contributed by atoms with E-state index in [-0.39, 0.29) is 31.4 Å². The summed E-state index contributed by atoms with van der Waals surface area (Å²) in [6.45, 7) is 4.85. The molecule has 1 amide bonds. The van der Waals surface area contributed by atoms with Crippen LogP contribution in [-0.4, -0.2) is 69.4 Å². The number of amides is 1. The van der Waals surface area contributed by atoms with Crippen LogP contribution in [0.4, 0.5) is 13.2 Å². The smallest absolute Gasteiger partial charge is 0.366 e. The highest BCUT2D eigenvalue weighted by Crippen LogP contribution is 2.29. The second kappa shape index (κ2) is 6.08. The SMILES string of the molecule is CCN1CCOC(C(=O)N2CCn3c(nnc3C(F)(F)F)C2)C1. The summed E-state index contributed by atoms with van der Waals surface area (Å²) in [6, 6.07) is 0. The Morgan fingerprint density at radius 1 is 1.30 bits per heavy atom. The van der Waals surface area contributed by atoms with Gasteiger partial charge in [0, 0.05) is 26.2 Å². The van der Waals surface area contributed by atoms with Crippen LogP contribution in [-0.2, 0) is 28.8 Å². The summed E-state index contributed by atoms with van der Waals surface area (Å²) in [4.78, 5) is 16.1. The zero-order valence-electron chi connectivity index (χ0n) is 12.7. The maximum atomic E-state index is 12.8. The number of carbonyl (C=O) groups excluding carboxylic acids is 1. The average molecular weight is 333 g/mol. The molecule has 1 saturated heterocycles. The molecular weight excluding hydrogens is 315 g/mol. The van der Waals surface area contributed by atoms with E-state index in [4.69, 9.17) is 4.74 Å². The van der Waals surface area contributed by atoms with Gasteiger partial charge in [0.15, 0.2) is 5.82 Å². The molecule has 3 rings (SSSR count). The molecule has 0 saturated carbocycles. The number of halogens is 3. The standard InChI is InChI=1S/C13H18F3N5O2/c1-2-19-5-6-23-9(7-19)11(22)20-3-4-21-10(8-20)17-18-12(21)13(14,15)16/h9H,2-8H2,1H3. The van der Waals surface area contributed by atoms with E-state index < -0.39 is 18.1 Å². The molecule has 23 heavy (non-hydrogen) atoms. The molecule has 0 aromatic carbocycles. The minimum Gasteiger partial charge on any atom is -0.366 e. The second-order valence-electron chi connectivity index (χ2n) is 5.60. The molecule has 1 aromatic heterocycles. The van der Waals surface area contributed by atoms with Crippen molar-refractivity contribution in [1.29, 1.82) is 0 Å². The number of carbonyl (C=O) groups is 1. The van der Waals surface area contributed by atoms with E-state index in [2.05, 4.69) is 15.1 Å². The first kappa shape index (κ1) is 16.2. The van der Waals surface area contributed by atoms with Crippen molar-refractivity contribution in [1.82, 2.24) is 24.6 Å².